The zero-order chi connectivity index (χ0) is 19.2. The van der Waals surface area contributed by atoms with Crippen molar-refractivity contribution in [1.29, 1.82) is 0 Å². The van der Waals surface area contributed by atoms with Gasteiger partial charge < -0.3 is 10.1 Å². The van der Waals surface area contributed by atoms with Gasteiger partial charge in [-0.05, 0) is 44.4 Å². The fourth-order valence-corrected chi connectivity index (χ4v) is 4.92. The van der Waals surface area contributed by atoms with Gasteiger partial charge in [0.15, 0.2) is 0 Å². The van der Waals surface area contributed by atoms with E-state index in [0.29, 0.717) is 37.6 Å². The number of rotatable bonds is 8. The van der Waals surface area contributed by atoms with E-state index in [0.717, 1.165) is 12.8 Å². The Hall–Kier alpha value is -1.31. The fraction of sp³-hybridized carbons (Fsp3) is 0.611. The topological polar surface area (TPSA) is 75.7 Å². The molecule has 6 nitrogen and oxygen atoms in total. The SMILES string of the molecule is CCCCNC(=O)[C@@H]1CCCN(S(=O)(=O)c2cc(Cl)ccc2OCC)C1. The Morgan fingerprint density at radius 3 is 2.85 bits per heavy atom. The van der Waals surface area contributed by atoms with Crippen LogP contribution in [-0.4, -0.2) is 44.9 Å². The van der Waals surface area contributed by atoms with Crippen LogP contribution >= 0.6 is 11.6 Å². The van der Waals surface area contributed by atoms with Crippen LogP contribution in [0, 0.1) is 5.92 Å². The molecule has 1 aromatic carbocycles. The molecule has 1 fully saturated rings. The summed E-state index contributed by atoms with van der Waals surface area (Å²) in [4.78, 5) is 12.4. The van der Waals surface area contributed by atoms with Crippen molar-refractivity contribution < 1.29 is 17.9 Å². The van der Waals surface area contributed by atoms with E-state index in [9.17, 15) is 13.2 Å². The number of unbranched alkanes of at least 4 members (excludes halogenated alkanes) is 1. The molecule has 1 aliphatic heterocycles. The van der Waals surface area contributed by atoms with E-state index in [1.54, 1.807) is 19.1 Å². The van der Waals surface area contributed by atoms with Crippen LogP contribution in [0.4, 0.5) is 0 Å². The molecule has 1 aliphatic rings. The first-order valence-electron chi connectivity index (χ1n) is 9.10. The first kappa shape index (κ1) is 21.0. The third-order valence-corrected chi connectivity index (χ3v) is 6.53. The molecule has 26 heavy (non-hydrogen) atoms. The summed E-state index contributed by atoms with van der Waals surface area (Å²) in [6.07, 6.45) is 3.26. The van der Waals surface area contributed by atoms with Gasteiger partial charge in [-0.3, -0.25) is 4.79 Å². The Kier molecular flexibility index (Phi) is 7.73. The molecule has 0 aromatic heterocycles. The molecular formula is C18H27ClN2O4S. The van der Waals surface area contributed by atoms with E-state index in [4.69, 9.17) is 16.3 Å². The molecule has 1 atom stereocenters. The van der Waals surface area contributed by atoms with Gasteiger partial charge in [0.05, 0.1) is 12.5 Å². The predicted octanol–water partition coefficient (Wildman–Crippen LogP) is 3.06. The zero-order valence-electron chi connectivity index (χ0n) is 15.3. The molecule has 0 spiro atoms. The van der Waals surface area contributed by atoms with E-state index >= 15 is 0 Å². The van der Waals surface area contributed by atoms with E-state index < -0.39 is 10.0 Å². The molecule has 0 radical (unpaired) electrons. The molecule has 0 saturated carbocycles. The van der Waals surface area contributed by atoms with E-state index in [1.165, 1.54) is 10.4 Å². The maximum atomic E-state index is 13.1. The van der Waals surface area contributed by atoms with Gasteiger partial charge in [-0.25, -0.2) is 8.42 Å². The molecule has 1 saturated heterocycles. The van der Waals surface area contributed by atoms with Gasteiger partial charge in [0.2, 0.25) is 15.9 Å². The number of nitrogens with zero attached hydrogens (tertiary/aromatic N) is 1. The molecule has 1 aromatic rings. The van der Waals surface area contributed by atoms with Crippen molar-refractivity contribution in [3.63, 3.8) is 0 Å². The molecule has 8 heteroatoms. The molecule has 0 aliphatic carbocycles. The molecule has 0 unspecified atom stereocenters. The quantitative estimate of drug-likeness (QED) is 0.678. The Morgan fingerprint density at radius 1 is 1.38 bits per heavy atom. The predicted molar refractivity (Wildman–Crippen MR) is 102 cm³/mol. The van der Waals surface area contributed by atoms with E-state index in [2.05, 4.69) is 12.2 Å². The number of sulfonamides is 1. The lowest BCUT2D eigenvalue weighted by atomic mass is 9.99. The minimum Gasteiger partial charge on any atom is -0.492 e. The normalized spacial score (nSPS) is 18.5. The van der Waals surface area contributed by atoms with Crippen molar-refractivity contribution in [2.75, 3.05) is 26.2 Å². The third-order valence-electron chi connectivity index (χ3n) is 4.41. The van der Waals surface area contributed by atoms with Crippen molar-refractivity contribution in [1.82, 2.24) is 9.62 Å². The van der Waals surface area contributed by atoms with E-state index in [-0.39, 0.29) is 29.0 Å². The highest BCUT2D eigenvalue weighted by molar-refractivity contribution is 7.89. The summed E-state index contributed by atoms with van der Waals surface area (Å²) >= 11 is 6.01. The number of hydrogen-bond donors (Lipinski definition) is 1. The second-order valence-electron chi connectivity index (χ2n) is 6.37. The molecule has 1 heterocycles. The standard InChI is InChI=1S/C18H27ClN2O4S/c1-3-5-10-20-18(22)14-7-6-11-21(13-14)26(23,24)17-12-15(19)8-9-16(17)25-4-2/h8-9,12,14H,3-7,10-11,13H2,1-2H3,(H,20,22)/t14-/m1/s1. The Morgan fingerprint density at radius 2 is 2.15 bits per heavy atom. The molecular weight excluding hydrogens is 376 g/mol. The highest BCUT2D eigenvalue weighted by Crippen LogP contribution is 2.32. The number of amides is 1. The van der Waals surface area contributed by atoms with Gasteiger partial charge in [0.1, 0.15) is 10.6 Å². The van der Waals surface area contributed by atoms with Gasteiger partial charge in [0.25, 0.3) is 0 Å². The maximum Gasteiger partial charge on any atom is 0.246 e. The first-order chi connectivity index (χ1) is 12.4. The summed E-state index contributed by atoms with van der Waals surface area (Å²) in [6, 6.07) is 4.58. The van der Waals surface area contributed by atoms with Crippen molar-refractivity contribution in [3.8, 4) is 5.75 Å². The van der Waals surface area contributed by atoms with Crippen molar-refractivity contribution in [2.45, 2.75) is 44.4 Å². The zero-order valence-corrected chi connectivity index (χ0v) is 16.9. The summed E-state index contributed by atoms with van der Waals surface area (Å²) in [6.45, 7) is 5.40. The summed E-state index contributed by atoms with van der Waals surface area (Å²) in [7, 11) is -3.79. The summed E-state index contributed by atoms with van der Waals surface area (Å²) in [5.74, 6) is -0.119. The van der Waals surface area contributed by atoms with Crippen LogP contribution in [0.25, 0.3) is 0 Å². The second-order valence-corrected chi connectivity index (χ2v) is 8.71. The minimum atomic E-state index is -3.79. The number of nitrogens with one attached hydrogen (secondary N) is 1. The highest BCUT2D eigenvalue weighted by Gasteiger charge is 2.34. The number of carbonyl (C=O) groups excluding carboxylic acids is 1. The smallest absolute Gasteiger partial charge is 0.246 e. The average molecular weight is 403 g/mol. The average Bonchev–Trinajstić information content (AvgIpc) is 2.63. The number of hydrogen-bond acceptors (Lipinski definition) is 4. The van der Waals surface area contributed by atoms with Crippen molar-refractivity contribution >= 4 is 27.5 Å². The Labute approximate surface area is 160 Å². The van der Waals surface area contributed by atoms with Crippen LogP contribution in [0.3, 0.4) is 0 Å². The van der Waals surface area contributed by atoms with Crippen LogP contribution in [0.2, 0.25) is 5.02 Å². The number of halogens is 1. The Balaban J connectivity index is 2.18. The lowest BCUT2D eigenvalue weighted by molar-refractivity contribution is -0.126. The van der Waals surface area contributed by atoms with Crippen LogP contribution in [0.15, 0.2) is 23.1 Å². The first-order valence-corrected chi connectivity index (χ1v) is 10.9. The van der Waals surface area contributed by atoms with Crippen molar-refractivity contribution in [2.24, 2.45) is 5.92 Å². The second kappa shape index (κ2) is 9.58. The molecule has 0 bridgehead atoms. The minimum absolute atomic E-state index is 0.0545. The highest BCUT2D eigenvalue weighted by atomic mass is 35.5. The Bertz CT molecular complexity index is 724. The number of benzene rings is 1. The summed E-state index contributed by atoms with van der Waals surface area (Å²) < 4.78 is 33.1. The van der Waals surface area contributed by atoms with E-state index in [1.807, 2.05) is 0 Å². The van der Waals surface area contributed by atoms with Gasteiger partial charge in [-0.2, -0.15) is 4.31 Å². The lowest BCUT2D eigenvalue weighted by Gasteiger charge is -2.31. The monoisotopic (exact) mass is 402 g/mol. The third kappa shape index (κ3) is 5.11. The maximum absolute atomic E-state index is 13.1. The van der Waals surface area contributed by atoms with Crippen LogP contribution in [0.1, 0.15) is 39.5 Å². The van der Waals surface area contributed by atoms with Crippen LogP contribution in [0.5, 0.6) is 5.75 Å². The van der Waals surface area contributed by atoms with Gasteiger partial charge in [0, 0.05) is 24.7 Å². The van der Waals surface area contributed by atoms with Crippen LogP contribution in [-0.2, 0) is 14.8 Å². The molecule has 1 amide bonds. The van der Waals surface area contributed by atoms with Gasteiger partial charge >= 0.3 is 0 Å². The fourth-order valence-electron chi connectivity index (χ4n) is 3.00. The molecule has 146 valence electrons. The molecule has 1 N–H and O–H groups in total. The molecule has 2 rings (SSSR count). The number of ether oxygens (including phenoxy) is 1. The summed E-state index contributed by atoms with van der Waals surface area (Å²) in [5, 5.41) is 3.23. The van der Waals surface area contributed by atoms with Crippen molar-refractivity contribution in [3.05, 3.63) is 23.2 Å². The van der Waals surface area contributed by atoms with Gasteiger partial charge in [-0.1, -0.05) is 24.9 Å². The number of carbonyl (C=O) groups is 1. The van der Waals surface area contributed by atoms with Crippen LogP contribution < -0.4 is 10.1 Å². The largest absolute Gasteiger partial charge is 0.492 e. The lowest BCUT2D eigenvalue weighted by Crippen LogP contribution is -2.45. The number of piperidine rings is 1. The summed E-state index contributed by atoms with van der Waals surface area (Å²) in [5.41, 5.74) is 0. The van der Waals surface area contributed by atoms with Gasteiger partial charge in [-0.15, -0.1) is 0 Å².